The van der Waals surface area contributed by atoms with E-state index in [2.05, 4.69) is 15.0 Å². The number of aromatic amines is 1. The molecule has 0 saturated heterocycles. The first-order valence-electron chi connectivity index (χ1n) is 6.66. The lowest BCUT2D eigenvalue weighted by molar-refractivity contribution is 1.23. The van der Waals surface area contributed by atoms with Crippen LogP contribution >= 0.6 is 0 Å². The first-order chi connectivity index (χ1) is 10.3. The van der Waals surface area contributed by atoms with Gasteiger partial charge in [-0.15, -0.1) is 0 Å². The zero-order valence-corrected chi connectivity index (χ0v) is 11.1. The van der Waals surface area contributed by atoms with Crippen molar-refractivity contribution in [1.29, 1.82) is 0 Å². The van der Waals surface area contributed by atoms with Crippen molar-refractivity contribution in [3.05, 3.63) is 71.0 Å². The van der Waals surface area contributed by atoms with E-state index in [0.29, 0.717) is 11.0 Å². The summed E-state index contributed by atoms with van der Waals surface area (Å²) in [5, 5.41) is 0. The molecular formula is C17H11N3O. The van der Waals surface area contributed by atoms with Gasteiger partial charge in [0, 0.05) is 0 Å². The summed E-state index contributed by atoms with van der Waals surface area (Å²) < 4.78 is 0. The quantitative estimate of drug-likeness (QED) is 0.542. The van der Waals surface area contributed by atoms with Gasteiger partial charge in [0.25, 0.3) is 5.56 Å². The minimum atomic E-state index is -0.218. The predicted molar refractivity (Wildman–Crippen MR) is 83.1 cm³/mol. The third-order valence-corrected chi connectivity index (χ3v) is 3.43. The molecule has 0 aliphatic heterocycles. The average molecular weight is 273 g/mol. The smallest absolute Gasteiger partial charge is 0.276 e. The van der Waals surface area contributed by atoms with Crippen LogP contribution in [0.25, 0.3) is 33.3 Å². The number of benzene rings is 2. The van der Waals surface area contributed by atoms with Crippen molar-refractivity contribution in [2.45, 2.75) is 0 Å². The van der Waals surface area contributed by atoms with Crippen LogP contribution in [0.2, 0.25) is 0 Å². The summed E-state index contributed by atoms with van der Waals surface area (Å²) in [6.45, 7) is 0. The summed E-state index contributed by atoms with van der Waals surface area (Å²) in [4.78, 5) is 24.1. The van der Waals surface area contributed by atoms with Crippen LogP contribution in [0.4, 0.5) is 0 Å². The highest BCUT2D eigenvalue weighted by molar-refractivity contribution is 5.87. The van der Waals surface area contributed by atoms with Gasteiger partial charge in [-0.3, -0.25) is 4.79 Å². The van der Waals surface area contributed by atoms with Gasteiger partial charge in [-0.25, -0.2) is 9.97 Å². The molecule has 0 aliphatic rings. The van der Waals surface area contributed by atoms with Gasteiger partial charge < -0.3 is 4.98 Å². The maximum Gasteiger partial charge on any atom is 0.276 e. The molecule has 4 nitrogen and oxygen atoms in total. The molecular weight excluding hydrogens is 262 g/mol. The van der Waals surface area contributed by atoms with Crippen molar-refractivity contribution in [3.63, 3.8) is 0 Å². The molecule has 0 atom stereocenters. The minimum Gasteiger partial charge on any atom is -0.320 e. The fraction of sp³-hybridized carbons (Fsp3) is 0. The van der Waals surface area contributed by atoms with E-state index in [0.717, 1.165) is 22.3 Å². The Bertz CT molecular complexity index is 1010. The highest BCUT2D eigenvalue weighted by Crippen LogP contribution is 2.19. The Morgan fingerprint density at radius 1 is 0.762 bits per heavy atom. The Kier molecular flexibility index (Phi) is 2.54. The van der Waals surface area contributed by atoms with Gasteiger partial charge >= 0.3 is 0 Å². The van der Waals surface area contributed by atoms with E-state index in [9.17, 15) is 4.79 Å². The normalized spacial score (nSPS) is 11.0. The lowest BCUT2D eigenvalue weighted by Gasteiger charge is -2.04. The molecule has 4 aromatic rings. The van der Waals surface area contributed by atoms with Crippen LogP contribution in [0.1, 0.15) is 0 Å². The van der Waals surface area contributed by atoms with Crippen LogP contribution in [0.15, 0.2) is 65.5 Å². The van der Waals surface area contributed by atoms with Gasteiger partial charge in [0.2, 0.25) is 0 Å². The molecule has 0 radical (unpaired) electrons. The van der Waals surface area contributed by atoms with E-state index in [4.69, 9.17) is 0 Å². The second kappa shape index (κ2) is 4.52. The molecule has 0 spiro atoms. The van der Waals surface area contributed by atoms with Crippen LogP contribution < -0.4 is 5.56 Å². The predicted octanol–water partition coefficient (Wildman–Crippen LogP) is 3.14. The number of para-hydroxylation sites is 2. The van der Waals surface area contributed by atoms with Crippen LogP contribution in [0.5, 0.6) is 0 Å². The third-order valence-electron chi connectivity index (χ3n) is 3.43. The van der Waals surface area contributed by atoms with E-state index in [1.807, 2.05) is 60.7 Å². The van der Waals surface area contributed by atoms with Crippen molar-refractivity contribution >= 4 is 22.1 Å². The fourth-order valence-corrected chi connectivity index (χ4v) is 2.41. The highest BCUT2D eigenvalue weighted by Gasteiger charge is 2.08. The van der Waals surface area contributed by atoms with Gasteiger partial charge in [-0.1, -0.05) is 42.5 Å². The van der Waals surface area contributed by atoms with Gasteiger partial charge in [0.05, 0.1) is 22.2 Å². The van der Waals surface area contributed by atoms with Crippen molar-refractivity contribution < 1.29 is 0 Å². The molecule has 4 rings (SSSR count). The first-order valence-corrected chi connectivity index (χ1v) is 6.66. The number of nitrogens with zero attached hydrogens (tertiary/aromatic N) is 2. The average Bonchev–Trinajstić information content (AvgIpc) is 2.54. The van der Waals surface area contributed by atoms with Crippen molar-refractivity contribution in [1.82, 2.24) is 15.0 Å². The molecule has 0 saturated carbocycles. The van der Waals surface area contributed by atoms with Crippen LogP contribution in [-0.4, -0.2) is 15.0 Å². The Hall–Kier alpha value is -3.01. The number of pyridine rings is 1. The maximum absolute atomic E-state index is 12.3. The molecule has 100 valence electrons. The van der Waals surface area contributed by atoms with E-state index in [1.165, 1.54) is 0 Å². The highest BCUT2D eigenvalue weighted by atomic mass is 16.1. The summed E-state index contributed by atoms with van der Waals surface area (Å²) in [5.74, 6) is 0. The van der Waals surface area contributed by atoms with E-state index in [-0.39, 0.29) is 5.56 Å². The molecule has 2 heterocycles. The summed E-state index contributed by atoms with van der Waals surface area (Å²) in [5.41, 5.74) is 3.97. The van der Waals surface area contributed by atoms with E-state index in [1.54, 1.807) is 0 Å². The van der Waals surface area contributed by atoms with E-state index >= 15 is 0 Å². The van der Waals surface area contributed by atoms with Crippen LogP contribution in [0.3, 0.4) is 0 Å². The van der Waals surface area contributed by atoms with Crippen LogP contribution in [-0.2, 0) is 0 Å². The zero-order valence-electron chi connectivity index (χ0n) is 11.1. The summed E-state index contributed by atoms with van der Waals surface area (Å²) >= 11 is 0. The van der Waals surface area contributed by atoms with Crippen LogP contribution in [0, 0.1) is 0 Å². The SMILES string of the molecule is O=c1[nH]c(-c2ccccc2)cc2nc3ccccc3nc12. The Balaban J connectivity index is 2.05. The van der Waals surface area contributed by atoms with Crippen molar-refractivity contribution in [2.24, 2.45) is 0 Å². The van der Waals surface area contributed by atoms with Gasteiger partial charge in [-0.2, -0.15) is 0 Å². The topological polar surface area (TPSA) is 58.6 Å². The molecule has 0 aliphatic carbocycles. The second-order valence-corrected chi connectivity index (χ2v) is 4.82. The Morgan fingerprint density at radius 3 is 2.19 bits per heavy atom. The largest absolute Gasteiger partial charge is 0.320 e. The summed E-state index contributed by atoms with van der Waals surface area (Å²) in [6.07, 6.45) is 0. The molecule has 0 fully saturated rings. The fourth-order valence-electron chi connectivity index (χ4n) is 2.41. The Labute approximate surface area is 120 Å². The zero-order chi connectivity index (χ0) is 14.2. The lowest BCUT2D eigenvalue weighted by atomic mass is 10.1. The molecule has 0 amide bonds. The van der Waals surface area contributed by atoms with E-state index < -0.39 is 0 Å². The molecule has 1 N–H and O–H groups in total. The van der Waals surface area contributed by atoms with Gasteiger partial charge in [0.15, 0.2) is 5.52 Å². The number of H-pyrrole nitrogens is 1. The second-order valence-electron chi connectivity index (χ2n) is 4.82. The molecule has 2 aromatic carbocycles. The van der Waals surface area contributed by atoms with Gasteiger partial charge in [-0.05, 0) is 23.8 Å². The first kappa shape index (κ1) is 11.8. The maximum atomic E-state index is 12.3. The number of rotatable bonds is 1. The lowest BCUT2D eigenvalue weighted by Crippen LogP contribution is -2.10. The molecule has 0 unspecified atom stereocenters. The molecule has 0 bridgehead atoms. The van der Waals surface area contributed by atoms with Crippen molar-refractivity contribution in [2.75, 3.05) is 0 Å². The standard InChI is InChI=1S/C17H11N3O/c21-17-16-15(18-12-8-4-5-9-13(12)19-16)10-14(20-17)11-6-2-1-3-7-11/h1-10H,(H,20,21). The summed E-state index contributed by atoms with van der Waals surface area (Å²) in [6, 6.07) is 19.1. The number of hydrogen-bond donors (Lipinski definition) is 1. The Morgan fingerprint density at radius 2 is 1.43 bits per heavy atom. The molecule has 2 aromatic heterocycles. The van der Waals surface area contributed by atoms with Crippen molar-refractivity contribution in [3.8, 4) is 11.3 Å². The monoisotopic (exact) mass is 273 g/mol. The number of nitrogens with one attached hydrogen (secondary N) is 1. The number of aromatic nitrogens is 3. The molecule has 4 heteroatoms. The molecule has 21 heavy (non-hydrogen) atoms. The number of hydrogen-bond acceptors (Lipinski definition) is 3. The number of fused-ring (bicyclic) bond motifs is 2. The third kappa shape index (κ3) is 1.97. The van der Waals surface area contributed by atoms with Gasteiger partial charge in [0.1, 0.15) is 0 Å². The summed E-state index contributed by atoms with van der Waals surface area (Å²) in [7, 11) is 0. The minimum absolute atomic E-state index is 0.218.